The number of anilines is 2. The van der Waals surface area contributed by atoms with E-state index in [1.54, 1.807) is 0 Å². The fourth-order valence-corrected chi connectivity index (χ4v) is 4.41. The van der Waals surface area contributed by atoms with Crippen LogP contribution in [0.15, 0.2) is 62.2 Å². The topological polar surface area (TPSA) is 72.0 Å². The lowest BCUT2D eigenvalue weighted by Crippen LogP contribution is -2.08. The Morgan fingerprint density at radius 2 is 1.69 bits per heavy atom. The predicted molar refractivity (Wildman–Crippen MR) is 94.2 cm³/mol. The maximum Gasteiger partial charge on any atom is 0.416 e. The molecule has 0 unspecified atom stereocenters. The number of rotatable bonds is 4. The fourth-order valence-electron chi connectivity index (χ4n) is 2.07. The smallest absolute Gasteiger partial charge is 0.330 e. The lowest BCUT2D eigenvalue weighted by Gasteiger charge is -2.10. The minimum atomic E-state index is -4.62. The first-order valence-electron chi connectivity index (χ1n) is 6.95. The van der Waals surface area contributed by atoms with Crippen LogP contribution in [0.1, 0.15) is 5.56 Å². The molecule has 1 heterocycles. The molecule has 0 aliphatic rings. The molecule has 0 atom stereocenters. The third-order valence-electron chi connectivity index (χ3n) is 3.29. The molecule has 26 heavy (non-hydrogen) atoms. The second kappa shape index (κ2) is 6.97. The van der Waals surface area contributed by atoms with Gasteiger partial charge in [-0.2, -0.15) is 13.2 Å². The number of hydrogen-bond donors (Lipinski definition) is 1. The fraction of sp³-hybridized carbons (Fsp3) is 0.0667. The summed E-state index contributed by atoms with van der Waals surface area (Å²) >= 11 is 4.43. The monoisotopic (exact) mass is 463 g/mol. The average molecular weight is 464 g/mol. The van der Waals surface area contributed by atoms with Crippen molar-refractivity contribution in [2.75, 3.05) is 5.32 Å². The van der Waals surface area contributed by atoms with Gasteiger partial charge in [0.2, 0.25) is 15.0 Å². The summed E-state index contributed by atoms with van der Waals surface area (Å²) in [6.45, 7) is 0. The normalized spacial score (nSPS) is 12.2. The first kappa shape index (κ1) is 18.8. The molecule has 0 spiro atoms. The van der Waals surface area contributed by atoms with Gasteiger partial charge in [-0.05, 0) is 58.4 Å². The molecule has 0 amide bonds. The van der Waals surface area contributed by atoms with Gasteiger partial charge in [0.15, 0.2) is 3.92 Å². The second-order valence-corrected chi connectivity index (χ2v) is 9.24. The van der Waals surface area contributed by atoms with E-state index in [2.05, 4.69) is 31.4 Å². The first-order chi connectivity index (χ1) is 12.2. The van der Waals surface area contributed by atoms with Crippen LogP contribution >= 0.6 is 27.3 Å². The van der Waals surface area contributed by atoms with Crippen LogP contribution in [0.3, 0.4) is 0 Å². The molecule has 0 fully saturated rings. The molecule has 1 N–H and O–H groups in total. The van der Waals surface area contributed by atoms with E-state index in [1.165, 1.54) is 35.6 Å². The summed E-state index contributed by atoms with van der Waals surface area (Å²) in [5.41, 5.74) is -0.449. The van der Waals surface area contributed by atoms with E-state index in [-0.39, 0.29) is 4.90 Å². The maximum atomic E-state index is 12.8. The van der Waals surface area contributed by atoms with Crippen LogP contribution in [-0.4, -0.2) is 18.6 Å². The van der Waals surface area contributed by atoms with Gasteiger partial charge in [-0.1, -0.05) is 17.4 Å². The Morgan fingerprint density at radius 3 is 2.27 bits per heavy atom. The Kier molecular flexibility index (Phi) is 5.04. The molecule has 5 nitrogen and oxygen atoms in total. The van der Waals surface area contributed by atoms with E-state index in [0.29, 0.717) is 20.8 Å². The van der Waals surface area contributed by atoms with Crippen LogP contribution in [0, 0.1) is 0 Å². The number of nitrogens with zero attached hydrogens (tertiary/aromatic N) is 2. The number of aromatic nitrogens is 2. The van der Waals surface area contributed by atoms with Crippen LogP contribution in [0.2, 0.25) is 0 Å². The predicted octanol–water partition coefficient (Wildman–Crippen LogP) is 4.90. The summed E-state index contributed by atoms with van der Waals surface area (Å²) in [4.78, 5) is -0.526. The molecule has 0 aliphatic heterocycles. The van der Waals surface area contributed by atoms with Crippen LogP contribution in [0.25, 0.3) is 0 Å². The summed E-state index contributed by atoms with van der Waals surface area (Å²) in [6.07, 6.45) is -4.62. The molecule has 0 saturated heterocycles. The van der Waals surface area contributed by atoms with Gasteiger partial charge in [-0.15, -0.1) is 10.2 Å². The van der Waals surface area contributed by atoms with Crippen molar-refractivity contribution in [3.05, 3.63) is 58.0 Å². The van der Waals surface area contributed by atoms with E-state index in [0.717, 1.165) is 18.2 Å². The third-order valence-corrected chi connectivity index (χ3v) is 6.33. The molecular formula is C15H9BrF3N3O2S2. The lowest BCUT2D eigenvalue weighted by molar-refractivity contribution is -0.137. The minimum absolute atomic E-state index is 0.110. The zero-order valence-corrected chi connectivity index (χ0v) is 15.9. The number of sulfone groups is 1. The molecule has 2 aromatic carbocycles. The number of benzene rings is 2. The summed E-state index contributed by atoms with van der Waals surface area (Å²) < 4.78 is 64.1. The summed E-state index contributed by atoms with van der Waals surface area (Å²) in [5.74, 6) is 0. The Bertz CT molecular complexity index is 1030. The number of halogens is 4. The van der Waals surface area contributed by atoms with Gasteiger partial charge in [0.05, 0.1) is 15.4 Å². The molecule has 0 radical (unpaired) electrons. The third kappa shape index (κ3) is 4.05. The van der Waals surface area contributed by atoms with Gasteiger partial charge in [0, 0.05) is 5.69 Å². The molecule has 0 bridgehead atoms. The molecule has 3 rings (SSSR count). The number of alkyl halides is 3. The largest absolute Gasteiger partial charge is 0.416 e. The van der Waals surface area contributed by atoms with E-state index in [9.17, 15) is 21.6 Å². The minimum Gasteiger partial charge on any atom is -0.330 e. The van der Waals surface area contributed by atoms with Gasteiger partial charge >= 0.3 is 6.18 Å². The highest BCUT2D eigenvalue weighted by molar-refractivity contribution is 9.11. The number of nitrogens with one attached hydrogen (secondary N) is 1. The molecule has 3 aromatic rings. The lowest BCUT2D eigenvalue weighted by atomic mass is 10.2. The number of hydrogen-bond acceptors (Lipinski definition) is 6. The Labute approximate surface area is 158 Å². The quantitative estimate of drug-likeness (QED) is 0.595. The van der Waals surface area contributed by atoms with Crippen molar-refractivity contribution in [3.8, 4) is 0 Å². The van der Waals surface area contributed by atoms with Gasteiger partial charge in [-0.25, -0.2) is 8.42 Å². The van der Waals surface area contributed by atoms with Crippen molar-refractivity contribution in [2.24, 2.45) is 0 Å². The molecule has 1 aromatic heterocycles. The van der Waals surface area contributed by atoms with Crippen LogP contribution in [-0.2, 0) is 16.0 Å². The molecular weight excluding hydrogens is 455 g/mol. The van der Waals surface area contributed by atoms with Crippen molar-refractivity contribution >= 4 is 47.9 Å². The summed E-state index contributed by atoms with van der Waals surface area (Å²) in [5, 5.41) is 11.1. The van der Waals surface area contributed by atoms with Crippen LogP contribution in [0.4, 0.5) is 24.0 Å². The van der Waals surface area contributed by atoms with Crippen molar-refractivity contribution in [2.45, 2.75) is 16.0 Å². The van der Waals surface area contributed by atoms with Gasteiger partial charge in [-0.3, -0.25) is 0 Å². The van der Waals surface area contributed by atoms with E-state index in [1.807, 2.05) is 0 Å². The zero-order chi connectivity index (χ0) is 18.9. The highest BCUT2D eigenvalue weighted by Crippen LogP contribution is 2.32. The summed E-state index contributed by atoms with van der Waals surface area (Å²) in [6, 6.07) is 9.27. The maximum absolute atomic E-state index is 12.8. The Hall–Kier alpha value is -1.98. The average Bonchev–Trinajstić information content (AvgIpc) is 2.99. The van der Waals surface area contributed by atoms with E-state index < -0.39 is 26.5 Å². The van der Waals surface area contributed by atoms with Gasteiger partial charge in [0.1, 0.15) is 0 Å². The van der Waals surface area contributed by atoms with Crippen molar-refractivity contribution in [3.63, 3.8) is 0 Å². The zero-order valence-electron chi connectivity index (χ0n) is 12.7. The van der Waals surface area contributed by atoms with Crippen molar-refractivity contribution < 1.29 is 21.6 Å². The van der Waals surface area contributed by atoms with E-state index >= 15 is 0 Å². The SMILES string of the molecule is O=S(=O)(c1ccc(Nc2nnc(Br)s2)cc1)c1cccc(C(F)(F)F)c1. The molecule has 11 heteroatoms. The Morgan fingerprint density at radius 1 is 1.00 bits per heavy atom. The highest BCUT2D eigenvalue weighted by Gasteiger charge is 2.31. The second-order valence-electron chi connectivity index (χ2n) is 5.04. The molecule has 0 aliphatic carbocycles. The van der Waals surface area contributed by atoms with Crippen molar-refractivity contribution in [1.29, 1.82) is 0 Å². The van der Waals surface area contributed by atoms with Crippen molar-refractivity contribution in [1.82, 2.24) is 10.2 Å². The standard InChI is InChI=1S/C15H9BrF3N3O2S2/c16-13-21-22-14(25-13)20-10-4-6-11(7-5-10)26(23,24)12-3-1-2-9(8-12)15(17,18)19/h1-8H,(H,20,22). The Balaban J connectivity index is 1.88. The highest BCUT2D eigenvalue weighted by atomic mass is 79.9. The van der Waals surface area contributed by atoms with Crippen LogP contribution in [0.5, 0.6) is 0 Å². The van der Waals surface area contributed by atoms with Gasteiger partial charge < -0.3 is 5.32 Å². The van der Waals surface area contributed by atoms with Gasteiger partial charge in [0.25, 0.3) is 0 Å². The van der Waals surface area contributed by atoms with Crippen LogP contribution < -0.4 is 5.32 Å². The van der Waals surface area contributed by atoms with E-state index in [4.69, 9.17) is 0 Å². The summed E-state index contributed by atoms with van der Waals surface area (Å²) in [7, 11) is -4.07. The molecule has 0 saturated carbocycles. The first-order valence-corrected chi connectivity index (χ1v) is 10.0. The molecule has 136 valence electrons.